The van der Waals surface area contributed by atoms with Gasteiger partial charge in [-0.1, -0.05) is 172 Å². The average molecular weight is 625 g/mol. The molecule has 0 saturated heterocycles. The molecule has 0 aliphatic heterocycles. The maximum absolute atomic E-state index is 12.0. The fraction of sp³-hybridized carbons (Fsp3) is 0.333. The molecule has 0 fully saturated rings. The van der Waals surface area contributed by atoms with Crippen molar-refractivity contribution in [2.45, 2.75) is 91.4 Å². The fourth-order valence-electron chi connectivity index (χ4n) is 6.97. The summed E-state index contributed by atoms with van der Waals surface area (Å²) in [6.45, 7) is 22.4. The van der Waals surface area contributed by atoms with E-state index in [2.05, 4.69) is 154 Å². The van der Waals surface area contributed by atoms with Gasteiger partial charge in [-0.3, -0.25) is 0 Å². The number of rotatable bonds is 7. The molecule has 1 unspecified atom stereocenters. The first-order chi connectivity index (χ1) is 21.9. The van der Waals surface area contributed by atoms with E-state index < -0.39 is 0 Å². The number of phenols is 2. The lowest BCUT2D eigenvalue weighted by molar-refractivity contribution is 0.343. The summed E-state index contributed by atoms with van der Waals surface area (Å²) in [6, 6.07) is 40.4. The Kier molecular flexibility index (Phi) is 8.97. The van der Waals surface area contributed by atoms with Gasteiger partial charge < -0.3 is 10.2 Å². The molecule has 0 aromatic heterocycles. The van der Waals surface area contributed by atoms with E-state index in [0.29, 0.717) is 5.75 Å². The fourth-order valence-corrected chi connectivity index (χ4v) is 6.97. The van der Waals surface area contributed by atoms with Crippen molar-refractivity contribution in [1.82, 2.24) is 0 Å². The van der Waals surface area contributed by atoms with Gasteiger partial charge in [-0.25, -0.2) is 0 Å². The third-order valence-corrected chi connectivity index (χ3v) is 10.1. The van der Waals surface area contributed by atoms with Crippen molar-refractivity contribution in [3.8, 4) is 22.6 Å². The maximum atomic E-state index is 12.0. The minimum Gasteiger partial charge on any atom is -0.508 e. The van der Waals surface area contributed by atoms with Crippen LogP contribution in [-0.2, 0) is 16.2 Å². The molecule has 47 heavy (non-hydrogen) atoms. The van der Waals surface area contributed by atoms with E-state index in [1.54, 1.807) is 12.1 Å². The Bertz CT molecular complexity index is 1810. The lowest BCUT2D eigenvalue weighted by atomic mass is 9.68. The van der Waals surface area contributed by atoms with Crippen molar-refractivity contribution in [2.75, 3.05) is 0 Å². The highest BCUT2D eigenvalue weighted by Gasteiger charge is 2.35. The van der Waals surface area contributed by atoms with E-state index in [-0.39, 0.29) is 33.3 Å². The zero-order chi connectivity index (χ0) is 34.4. The topological polar surface area (TPSA) is 40.5 Å². The Hall–Kier alpha value is -4.30. The zero-order valence-electron chi connectivity index (χ0n) is 29.9. The summed E-state index contributed by atoms with van der Waals surface area (Å²) in [7, 11) is 0. The molecule has 2 N–H and O–H groups in total. The lowest BCUT2D eigenvalue weighted by Gasteiger charge is -2.36. The van der Waals surface area contributed by atoms with E-state index in [1.807, 2.05) is 18.2 Å². The molecule has 0 saturated carbocycles. The molecule has 1 atom stereocenters. The first kappa shape index (κ1) is 34.0. The van der Waals surface area contributed by atoms with Crippen LogP contribution in [0.2, 0.25) is 0 Å². The number of hydrogen-bond acceptors (Lipinski definition) is 2. The molecule has 5 aromatic rings. The molecule has 0 heterocycles. The van der Waals surface area contributed by atoms with E-state index in [0.717, 1.165) is 16.7 Å². The van der Waals surface area contributed by atoms with Gasteiger partial charge in [0.2, 0.25) is 0 Å². The van der Waals surface area contributed by atoms with Crippen LogP contribution in [0.5, 0.6) is 11.5 Å². The molecule has 2 nitrogen and oxygen atoms in total. The van der Waals surface area contributed by atoms with Gasteiger partial charge >= 0.3 is 0 Å². The zero-order valence-corrected chi connectivity index (χ0v) is 29.9. The highest BCUT2D eigenvalue weighted by molar-refractivity contribution is 5.64. The second-order valence-corrected chi connectivity index (χ2v) is 16.4. The summed E-state index contributed by atoms with van der Waals surface area (Å²) in [5, 5.41) is 21.9. The molecule has 0 aliphatic carbocycles. The van der Waals surface area contributed by atoms with Crippen LogP contribution in [0.1, 0.15) is 114 Å². The summed E-state index contributed by atoms with van der Waals surface area (Å²) in [5.41, 5.74) is 9.40. The van der Waals surface area contributed by atoms with Crippen LogP contribution in [0.15, 0.2) is 115 Å². The van der Waals surface area contributed by atoms with Gasteiger partial charge in [0.15, 0.2) is 0 Å². The van der Waals surface area contributed by atoms with Gasteiger partial charge in [0.25, 0.3) is 0 Å². The summed E-state index contributed by atoms with van der Waals surface area (Å²) in [5.74, 6) is 0.662. The standard InChI is InChI=1S/C45H52O2/c1-42(2,3)39-29-36(45(9,10)34-22-20-33(21-23-34)44(7,8)35-24-26-37(46)27-25-35)28-38(41(39)47)40(43(4,5)6)32-18-16-31(17-19-32)30-14-12-11-13-15-30/h11-29,40,46-47H,1-10H3. The second-order valence-electron chi connectivity index (χ2n) is 16.4. The monoisotopic (exact) mass is 624 g/mol. The van der Waals surface area contributed by atoms with Crippen LogP contribution in [0.25, 0.3) is 11.1 Å². The van der Waals surface area contributed by atoms with Crippen molar-refractivity contribution in [1.29, 1.82) is 0 Å². The number of hydrogen-bond donors (Lipinski definition) is 2. The van der Waals surface area contributed by atoms with Crippen molar-refractivity contribution in [3.63, 3.8) is 0 Å². The summed E-state index contributed by atoms with van der Waals surface area (Å²) >= 11 is 0. The Balaban J connectivity index is 1.60. The van der Waals surface area contributed by atoms with Crippen LogP contribution < -0.4 is 0 Å². The normalized spacial score (nSPS) is 13.4. The maximum Gasteiger partial charge on any atom is 0.123 e. The molecule has 244 valence electrons. The average Bonchev–Trinajstić information content (AvgIpc) is 3.02. The minimum absolute atomic E-state index is 0.0161. The Morgan fingerprint density at radius 3 is 1.38 bits per heavy atom. The van der Waals surface area contributed by atoms with Gasteiger partial charge in [0.05, 0.1) is 0 Å². The van der Waals surface area contributed by atoms with Crippen molar-refractivity contribution in [3.05, 3.63) is 154 Å². The highest BCUT2D eigenvalue weighted by atomic mass is 16.3. The largest absolute Gasteiger partial charge is 0.508 e. The first-order valence-corrected chi connectivity index (χ1v) is 16.8. The van der Waals surface area contributed by atoms with Gasteiger partial charge in [0, 0.05) is 22.3 Å². The predicted molar refractivity (Wildman–Crippen MR) is 199 cm³/mol. The van der Waals surface area contributed by atoms with Gasteiger partial charge in [-0.2, -0.15) is 0 Å². The molecule has 2 heteroatoms. The Morgan fingerprint density at radius 2 is 0.915 bits per heavy atom. The molecule has 0 aliphatic rings. The molecular weight excluding hydrogens is 572 g/mol. The van der Waals surface area contributed by atoms with Crippen molar-refractivity contribution < 1.29 is 10.2 Å². The first-order valence-electron chi connectivity index (χ1n) is 16.8. The summed E-state index contributed by atoms with van der Waals surface area (Å²) < 4.78 is 0. The minimum atomic E-state index is -0.316. The van der Waals surface area contributed by atoms with E-state index in [9.17, 15) is 10.2 Å². The van der Waals surface area contributed by atoms with Gasteiger partial charge in [0.1, 0.15) is 11.5 Å². The molecular formula is C45H52O2. The molecule has 0 spiro atoms. The third-order valence-electron chi connectivity index (χ3n) is 10.1. The highest BCUT2D eigenvalue weighted by Crippen LogP contribution is 2.49. The van der Waals surface area contributed by atoms with Crippen LogP contribution in [0, 0.1) is 5.41 Å². The third kappa shape index (κ3) is 6.89. The number of aromatic hydroxyl groups is 2. The van der Waals surface area contributed by atoms with Crippen LogP contribution in [0.3, 0.4) is 0 Å². The van der Waals surface area contributed by atoms with Gasteiger partial charge in [-0.05, 0) is 67.5 Å². The molecule has 0 amide bonds. The summed E-state index contributed by atoms with van der Waals surface area (Å²) in [6.07, 6.45) is 0. The predicted octanol–water partition coefficient (Wildman–Crippen LogP) is 11.9. The SMILES string of the molecule is CC(C)(C)c1cc(C(C)(C)c2ccc(C(C)(C)c3ccc(O)cc3)cc2)cc(C(c2ccc(-c3ccccc3)cc2)C(C)(C)C)c1O. The quantitative estimate of drug-likeness (QED) is 0.189. The Labute approximate surface area is 283 Å². The molecule has 5 aromatic carbocycles. The van der Waals surface area contributed by atoms with E-state index in [1.165, 1.54) is 33.4 Å². The second kappa shape index (κ2) is 12.4. The molecule has 0 radical (unpaired) electrons. The molecule has 5 rings (SSSR count). The van der Waals surface area contributed by atoms with E-state index in [4.69, 9.17) is 0 Å². The number of phenolic OH excluding ortho intramolecular Hbond substituents is 2. The smallest absolute Gasteiger partial charge is 0.123 e. The number of benzene rings is 5. The summed E-state index contributed by atoms with van der Waals surface area (Å²) in [4.78, 5) is 0. The van der Waals surface area contributed by atoms with Crippen LogP contribution in [-0.4, -0.2) is 10.2 Å². The Morgan fingerprint density at radius 1 is 0.468 bits per heavy atom. The van der Waals surface area contributed by atoms with Crippen LogP contribution >= 0.6 is 0 Å². The van der Waals surface area contributed by atoms with Crippen molar-refractivity contribution >= 4 is 0 Å². The van der Waals surface area contributed by atoms with Crippen molar-refractivity contribution in [2.24, 2.45) is 5.41 Å². The van der Waals surface area contributed by atoms with Gasteiger partial charge in [-0.15, -0.1) is 0 Å². The molecule has 0 bridgehead atoms. The van der Waals surface area contributed by atoms with Crippen LogP contribution in [0.4, 0.5) is 0 Å². The lowest BCUT2D eigenvalue weighted by Crippen LogP contribution is -2.25. The van der Waals surface area contributed by atoms with E-state index >= 15 is 0 Å².